The number of nitrogens with two attached hydrogens (primary N) is 1. The summed E-state index contributed by atoms with van der Waals surface area (Å²) in [5.41, 5.74) is 5.44. The summed E-state index contributed by atoms with van der Waals surface area (Å²) in [6.45, 7) is 2.97. The number of carbonyl (C=O) groups is 1. The van der Waals surface area contributed by atoms with Gasteiger partial charge < -0.3 is 16.0 Å². The molecule has 0 aromatic carbocycles. The molecule has 1 unspecified atom stereocenters. The van der Waals surface area contributed by atoms with Crippen molar-refractivity contribution in [2.45, 2.75) is 75.8 Å². The van der Waals surface area contributed by atoms with E-state index < -0.39 is 11.6 Å². The predicted molar refractivity (Wildman–Crippen MR) is 94.1 cm³/mol. The lowest BCUT2D eigenvalue weighted by Crippen LogP contribution is -2.58. The third kappa shape index (κ3) is 4.70. The number of piperidine rings is 1. The van der Waals surface area contributed by atoms with Crippen LogP contribution in [0.1, 0.15) is 64.2 Å². The maximum Gasteiger partial charge on any atom is 0.238 e. The highest BCUT2D eigenvalue weighted by molar-refractivity contribution is 5.82. The van der Waals surface area contributed by atoms with E-state index in [0.717, 1.165) is 44.8 Å². The molecule has 0 spiro atoms. The summed E-state index contributed by atoms with van der Waals surface area (Å²) in [4.78, 5) is 15.0. The summed E-state index contributed by atoms with van der Waals surface area (Å²) >= 11 is 0. The number of nitrogens with zero attached hydrogens (tertiary/aromatic N) is 2. The van der Waals surface area contributed by atoms with E-state index in [4.69, 9.17) is 5.73 Å². The molecule has 0 aromatic heterocycles. The number of rotatable bonds is 6. The molecule has 1 amide bonds. The van der Waals surface area contributed by atoms with E-state index >= 15 is 0 Å². The molecule has 1 atom stereocenters. The van der Waals surface area contributed by atoms with Crippen molar-refractivity contribution in [3.8, 4) is 6.07 Å². The average molecular weight is 332 g/mol. The maximum absolute atomic E-state index is 12.5. The molecule has 3 N–H and O–H groups in total. The zero-order chi connectivity index (χ0) is 17.0. The maximum atomic E-state index is 12.5. The molecule has 3 rings (SSSR count). The lowest BCUT2D eigenvalue weighted by Gasteiger charge is -2.38. The normalized spacial score (nSPS) is 26.5. The highest BCUT2D eigenvalue weighted by Crippen LogP contribution is 2.32. The molecule has 1 heterocycles. The van der Waals surface area contributed by atoms with Crippen molar-refractivity contribution in [1.82, 2.24) is 10.2 Å². The smallest absolute Gasteiger partial charge is 0.238 e. The van der Waals surface area contributed by atoms with Crippen molar-refractivity contribution in [1.29, 1.82) is 5.26 Å². The van der Waals surface area contributed by atoms with Crippen LogP contribution in [0.2, 0.25) is 0 Å². The van der Waals surface area contributed by atoms with Crippen LogP contribution < -0.4 is 11.1 Å². The number of nitrogens with one attached hydrogen (secondary N) is 1. The Morgan fingerprint density at radius 2 is 1.83 bits per heavy atom. The number of nitriles is 1. The van der Waals surface area contributed by atoms with Crippen LogP contribution in [0.5, 0.6) is 0 Å². The zero-order valence-corrected chi connectivity index (χ0v) is 14.8. The first-order chi connectivity index (χ1) is 11.6. The molecule has 5 heteroatoms. The Bertz CT molecular complexity index is 468. The first kappa shape index (κ1) is 17.7. The van der Waals surface area contributed by atoms with Gasteiger partial charge >= 0.3 is 0 Å². The molecule has 134 valence electrons. The summed E-state index contributed by atoms with van der Waals surface area (Å²) in [6.07, 6.45) is 11.1. The van der Waals surface area contributed by atoms with Gasteiger partial charge in [-0.05, 0) is 43.9 Å². The van der Waals surface area contributed by atoms with E-state index in [2.05, 4.69) is 16.3 Å². The largest absolute Gasteiger partial charge is 0.336 e. The van der Waals surface area contributed by atoms with Gasteiger partial charge in [-0.25, -0.2) is 0 Å². The van der Waals surface area contributed by atoms with E-state index in [-0.39, 0.29) is 5.91 Å². The Balaban J connectivity index is 1.46. The molecule has 3 fully saturated rings. The van der Waals surface area contributed by atoms with Gasteiger partial charge in [-0.2, -0.15) is 5.26 Å². The molecule has 1 aliphatic heterocycles. The Morgan fingerprint density at radius 1 is 1.17 bits per heavy atom. The van der Waals surface area contributed by atoms with Crippen LogP contribution in [0.3, 0.4) is 0 Å². The molecule has 5 nitrogen and oxygen atoms in total. The lowest BCUT2D eigenvalue weighted by atomic mass is 9.84. The summed E-state index contributed by atoms with van der Waals surface area (Å²) in [5, 5.41) is 12.7. The highest BCUT2D eigenvalue weighted by atomic mass is 16.2. The van der Waals surface area contributed by atoms with E-state index in [9.17, 15) is 10.1 Å². The Morgan fingerprint density at radius 3 is 2.42 bits per heavy atom. The topological polar surface area (TPSA) is 82.1 Å². The van der Waals surface area contributed by atoms with E-state index in [1.165, 1.54) is 44.9 Å². The van der Waals surface area contributed by atoms with Crippen LogP contribution >= 0.6 is 0 Å². The number of likely N-dealkylation sites (tertiary alicyclic amines) is 1. The van der Waals surface area contributed by atoms with Crippen molar-refractivity contribution in [3.05, 3.63) is 0 Å². The number of hydrogen-bond acceptors (Lipinski definition) is 4. The van der Waals surface area contributed by atoms with Crippen LogP contribution in [0.15, 0.2) is 0 Å². The van der Waals surface area contributed by atoms with Crippen LogP contribution in [0.25, 0.3) is 0 Å². The molecule has 2 saturated carbocycles. The van der Waals surface area contributed by atoms with Crippen molar-refractivity contribution < 1.29 is 4.79 Å². The molecular weight excluding hydrogens is 300 g/mol. The zero-order valence-electron chi connectivity index (χ0n) is 14.8. The van der Waals surface area contributed by atoms with Gasteiger partial charge in [-0.15, -0.1) is 0 Å². The Labute approximate surface area is 145 Å². The van der Waals surface area contributed by atoms with Gasteiger partial charge in [-0.3, -0.25) is 4.79 Å². The first-order valence-electron chi connectivity index (χ1n) is 9.81. The molecule has 0 aromatic rings. The van der Waals surface area contributed by atoms with Gasteiger partial charge in [0.05, 0.1) is 12.1 Å². The van der Waals surface area contributed by atoms with Gasteiger partial charge in [0.25, 0.3) is 0 Å². The minimum absolute atomic E-state index is 0.127. The third-order valence-corrected chi connectivity index (χ3v) is 6.15. The summed E-state index contributed by atoms with van der Waals surface area (Å²) in [5.74, 6) is 1.33. The second kappa shape index (κ2) is 7.84. The van der Waals surface area contributed by atoms with Crippen LogP contribution in [-0.2, 0) is 4.79 Å². The van der Waals surface area contributed by atoms with Crippen molar-refractivity contribution >= 4 is 5.91 Å². The summed E-state index contributed by atoms with van der Waals surface area (Å²) in [6, 6.07) is 1.91. The van der Waals surface area contributed by atoms with Gasteiger partial charge in [0.2, 0.25) is 5.91 Å². The van der Waals surface area contributed by atoms with Crippen molar-refractivity contribution in [3.63, 3.8) is 0 Å². The summed E-state index contributed by atoms with van der Waals surface area (Å²) < 4.78 is 0. The molecule has 0 radical (unpaired) electrons. The van der Waals surface area contributed by atoms with Crippen LogP contribution in [0.4, 0.5) is 0 Å². The standard InChI is InChI=1S/C19H32N4O/c20-14-19(8-10-23(11-9-19)13-16-6-7-16)22-18(24)17(21)12-15-4-2-1-3-5-15/h15-17H,1-13,21H2,(H,22,24). The highest BCUT2D eigenvalue weighted by Gasteiger charge is 2.38. The van der Waals surface area contributed by atoms with Gasteiger partial charge in [-0.1, -0.05) is 32.1 Å². The quantitative estimate of drug-likeness (QED) is 0.781. The van der Waals surface area contributed by atoms with Crippen molar-refractivity contribution in [2.24, 2.45) is 17.6 Å². The molecular formula is C19H32N4O. The van der Waals surface area contributed by atoms with Crippen LogP contribution in [0, 0.1) is 23.2 Å². The monoisotopic (exact) mass is 332 g/mol. The molecule has 2 aliphatic carbocycles. The fourth-order valence-electron chi connectivity index (χ4n) is 4.27. The lowest BCUT2D eigenvalue weighted by molar-refractivity contribution is -0.124. The van der Waals surface area contributed by atoms with E-state index in [1.54, 1.807) is 0 Å². The van der Waals surface area contributed by atoms with Gasteiger partial charge in [0.1, 0.15) is 5.54 Å². The minimum atomic E-state index is -0.707. The second-order valence-corrected chi connectivity index (χ2v) is 8.27. The first-order valence-corrected chi connectivity index (χ1v) is 9.81. The van der Waals surface area contributed by atoms with Crippen LogP contribution in [-0.4, -0.2) is 42.0 Å². The molecule has 0 bridgehead atoms. The fraction of sp³-hybridized carbons (Fsp3) is 0.895. The molecule has 1 saturated heterocycles. The minimum Gasteiger partial charge on any atom is -0.336 e. The number of carbonyl (C=O) groups excluding carboxylic acids is 1. The number of amides is 1. The number of hydrogen-bond donors (Lipinski definition) is 2. The third-order valence-electron chi connectivity index (χ3n) is 6.15. The summed E-state index contributed by atoms with van der Waals surface area (Å²) in [7, 11) is 0. The molecule has 24 heavy (non-hydrogen) atoms. The van der Waals surface area contributed by atoms with Gasteiger partial charge in [0.15, 0.2) is 0 Å². The van der Waals surface area contributed by atoms with E-state index in [0.29, 0.717) is 5.92 Å². The fourth-order valence-corrected chi connectivity index (χ4v) is 4.27. The van der Waals surface area contributed by atoms with Crippen molar-refractivity contribution in [2.75, 3.05) is 19.6 Å². The van der Waals surface area contributed by atoms with E-state index in [1.807, 2.05) is 0 Å². The SMILES string of the molecule is N#CC1(NC(=O)C(N)CC2CCCCC2)CCN(CC2CC2)CC1. The van der Waals surface area contributed by atoms with Gasteiger partial charge in [0, 0.05) is 19.6 Å². The Hall–Kier alpha value is -1.12. The second-order valence-electron chi connectivity index (χ2n) is 8.27. The average Bonchev–Trinajstić information content (AvgIpc) is 3.41. The molecule has 3 aliphatic rings. The Kier molecular flexibility index (Phi) is 5.78. The predicted octanol–water partition coefficient (Wildman–Crippen LogP) is 2.17.